The fourth-order valence-corrected chi connectivity index (χ4v) is 3.06. The van der Waals surface area contributed by atoms with Crippen molar-refractivity contribution in [1.82, 2.24) is 10.2 Å². The number of nitro groups is 1. The van der Waals surface area contributed by atoms with E-state index in [1.807, 2.05) is 0 Å². The largest absolute Gasteiger partial charge is 0.408 e. The Hall–Kier alpha value is -0.610. The first kappa shape index (κ1) is 20.4. The summed E-state index contributed by atoms with van der Waals surface area (Å²) in [5, 5.41) is 13.3. The molecule has 1 saturated heterocycles. The van der Waals surface area contributed by atoms with Gasteiger partial charge in [-0.15, -0.1) is 24.8 Å². The topological polar surface area (TPSA) is 58.4 Å². The fraction of sp³-hybridized carbons (Fsp3) is 0.600. The van der Waals surface area contributed by atoms with Crippen LogP contribution in [-0.2, 0) is 0 Å². The van der Waals surface area contributed by atoms with E-state index in [1.54, 1.807) is 0 Å². The quantitative estimate of drug-likeness (QED) is 0.658. The highest BCUT2D eigenvalue weighted by Crippen LogP contribution is 2.42. The van der Waals surface area contributed by atoms with E-state index in [9.17, 15) is 23.3 Å². The average molecular weight is 368 g/mol. The zero-order valence-electron chi connectivity index (χ0n) is 10.6. The number of halogens is 5. The van der Waals surface area contributed by atoms with Crippen molar-refractivity contribution in [1.29, 1.82) is 0 Å². The van der Waals surface area contributed by atoms with Crippen LogP contribution in [0.25, 0.3) is 0 Å². The second-order valence-corrected chi connectivity index (χ2v) is 5.26. The van der Waals surface area contributed by atoms with Gasteiger partial charge in [-0.3, -0.25) is 15.0 Å². The molecule has 1 N–H and O–H groups in total. The van der Waals surface area contributed by atoms with Gasteiger partial charge in [0.25, 0.3) is 0 Å². The Morgan fingerprint density at radius 1 is 1.29 bits per heavy atom. The number of hydrogen-bond acceptors (Lipinski definition) is 5. The van der Waals surface area contributed by atoms with Crippen molar-refractivity contribution in [2.75, 3.05) is 26.2 Å². The Bertz CT molecular complexity index is 467. The lowest BCUT2D eigenvalue weighted by molar-refractivity contribution is -0.380. The van der Waals surface area contributed by atoms with E-state index in [2.05, 4.69) is 5.32 Å². The summed E-state index contributed by atoms with van der Waals surface area (Å²) in [5.74, 6) is 0. The highest BCUT2D eigenvalue weighted by molar-refractivity contribution is 7.15. The summed E-state index contributed by atoms with van der Waals surface area (Å²) in [6.45, 7) is 1.52. The Kier molecular flexibility index (Phi) is 7.90. The summed E-state index contributed by atoms with van der Waals surface area (Å²) in [4.78, 5) is 11.2. The maximum Gasteiger partial charge on any atom is 0.408 e. The molecular weight excluding hydrogens is 354 g/mol. The van der Waals surface area contributed by atoms with E-state index in [0.29, 0.717) is 24.4 Å². The lowest BCUT2D eigenvalue weighted by Crippen LogP contribution is -2.48. The van der Waals surface area contributed by atoms with E-state index < -0.39 is 17.1 Å². The maximum atomic E-state index is 13.2. The molecule has 1 atom stereocenters. The SMILES string of the molecule is Cl.Cl.O=[N+]([O-])c1ccc([C@@H](N2CCNCC2)C(F)(F)F)s1. The minimum absolute atomic E-state index is 0. The third-order valence-corrected chi connectivity index (χ3v) is 3.98. The summed E-state index contributed by atoms with van der Waals surface area (Å²) in [6, 6.07) is 0.567. The van der Waals surface area contributed by atoms with Gasteiger partial charge >= 0.3 is 11.2 Å². The van der Waals surface area contributed by atoms with Crippen molar-refractivity contribution >= 4 is 41.2 Å². The minimum atomic E-state index is -4.43. The number of nitrogens with zero attached hydrogens (tertiary/aromatic N) is 2. The first-order valence-corrected chi connectivity index (χ1v) is 6.47. The van der Waals surface area contributed by atoms with E-state index in [-0.39, 0.29) is 47.8 Å². The monoisotopic (exact) mass is 367 g/mol. The van der Waals surface area contributed by atoms with Gasteiger partial charge in [0.1, 0.15) is 6.04 Å². The molecule has 0 amide bonds. The third kappa shape index (κ3) is 4.96. The van der Waals surface area contributed by atoms with Crippen molar-refractivity contribution in [3.63, 3.8) is 0 Å². The molecule has 0 unspecified atom stereocenters. The van der Waals surface area contributed by atoms with Crippen LogP contribution in [0.1, 0.15) is 10.9 Å². The van der Waals surface area contributed by atoms with Gasteiger partial charge in [0.2, 0.25) is 0 Å². The van der Waals surface area contributed by atoms with Gasteiger partial charge in [0.05, 0.1) is 4.92 Å². The van der Waals surface area contributed by atoms with E-state index in [4.69, 9.17) is 0 Å². The molecule has 1 aromatic rings. The molecule has 1 aromatic heterocycles. The van der Waals surface area contributed by atoms with E-state index >= 15 is 0 Å². The van der Waals surface area contributed by atoms with Crippen LogP contribution >= 0.6 is 36.2 Å². The predicted octanol–water partition coefficient (Wildman–Crippen LogP) is 3.01. The molecule has 0 aromatic carbocycles. The van der Waals surface area contributed by atoms with Crippen molar-refractivity contribution in [3.05, 3.63) is 27.1 Å². The zero-order chi connectivity index (χ0) is 14.0. The second kappa shape index (κ2) is 8.14. The number of thiophene rings is 1. The normalized spacial score (nSPS) is 17.5. The van der Waals surface area contributed by atoms with Crippen molar-refractivity contribution < 1.29 is 18.1 Å². The van der Waals surface area contributed by atoms with Crippen LogP contribution in [-0.4, -0.2) is 42.2 Å². The molecule has 0 aliphatic carbocycles. The highest BCUT2D eigenvalue weighted by Gasteiger charge is 2.46. The van der Waals surface area contributed by atoms with Crippen LogP contribution in [0.4, 0.5) is 18.2 Å². The Labute approximate surface area is 135 Å². The fourth-order valence-electron chi connectivity index (χ4n) is 2.08. The highest BCUT2D eigenvalue weighted by atomic mass is 35.5. The van der Waals surface area contributed by atoms with Crippen molar-refractivity contribution in [2.45, 2.75) is 12.2 Å². The van der Waals surface area contributed by atoms with Crippen LogP contribution in [0, 0.1) is 10.1 Å². The number of piperazine rings is 1. The summed E-state index contributed by atoms with van der Waals surface area (Å²) < 4.78 is 39.5. The van der Waals surface area contributed by atoms with E-state index in [0.717, 1.165) is 6.07 Å². The Morgan fingerprint density at radius 3 is 2.29 bits per heavy atom. The Balaban J connectivity index is 0.00000200. The van der Waals surface area contributed by atoms with Crippen LogP contribution in [0.5, 0.6) is 0 Å². The molecule has 0 bridgehead atoms. The first-order valence-electron chi connectivity index (χ1n) is 5.65. The number of hydrogen-bond donors (Lipinski definition) is 1. The maximum absolute atomic E-state index is 13.2. The molecule has 0 radical (unpaired) electrons. The minimum Gasteiger partial charge on any atom is -0.314 e. The van der Waals surface area contributed by atoms with Crippen molar-refractivity contribution in [2.24, 2.45) is 0 Å². The molecule has 2 heterocycles. The molecule has 21 heavy (non-hydrogen) atoms. The van der Waals surface area contributed by atoms with Crippen LogP contribution in [0.2, 0.25) is 0 Å². The molecule has 1 aliphatic heterocycles. The zero-order valence-corrected chi connectivity index (χ0v) is 13.1. The van der Waals surface area contributed by atoms with Gasteiger partial charge in [-0.25, -0.2) is 0 Å². The van der Waals surface area contributed by atoms with Gasteiger partial charge in [-0.1, -0.05) is 11.3 Å². The molecule has 1 aliphatic rings. The molecule has 122 valence electrons. The predicted molar refractivity (Wildman–Crippen MR) is 78.7 cm³/mol. The van der Waals surface area contributed by atoms with Crippen molar-refractivity contribution in [3.8, 4) is 0 Å². The second-order valence-electron chi connectivity index (χ2n) is 4.16. The van der Waals surface area contributed by atoms with Gasteiger partial charge < -0.3 is 5.32 Å². The molecule has 11 heteroatoms. The summed E-state index contributed by atoms with van der Waals surface area (Å²) in [7, 11) is 0. The number of rotatable bonds is 3. The Morgan fingerprint density at radius 2 is 1.86 bits per heavy atom. The lowest BCUT2D eigenvalue weighted by Gasteiger charge is -2.35. The van der Waals surface area contributed by atoms with Crippen LogP contribution in [0.15, 0.2) is 12.1 Å². The molecular formula is C10H14Cl2F3N3O2S. The average Bonchev–Trinajstić information content (AvgIpc) is 2.78. The van der Waals surface area contributed by atoms with Gasteiger partial charge in [0, 0.05) is 37.1 Å². The van der Waals surface area contributed by atoms with Gasteiger partial charge in [0.15, 0.2) is 0 Å². The van der Waals surface area contributed by atoms with Crippen LogP contribution in [0.3, 0.4) is 0 Å². The summed E-state index contributed by atoms with van der Waals surface area (Å²) >= 11 is 0.588. The van der Waals surface area contributed by atoms with Crippen LogP contribution < -0.4 is 5.32 Å². The third-order valence-electron chi connectivity index (χ3n) is 2.89. The standard InChI is InChI=1S/C10H12F3N3O2S.2ClH/c11-10(12,13)9(15-5-3-14-4-6-15)7-1-2-8(19-7)16(17)18;;/h1-2,9,14H,3-6H2;2*1H/t9-;;/m1../s1. The summed E-state index contributed by atoms with van der Waals surface area (Å²) in [6.07, 6.45) is -4.43. The van der Waals surface area contributed by atoms with Gasteiger partial charge in [-0.2, -0.15) is 13.2 Å². The molecule has 0 spiro atoms. The molecule has 2 rings (SSSR count). The number of alkyl halides is 3. The van der Waals surface area contributed by atoms with E-state index in [1.165, 1.54) is 11.0 Å². The lowest BCUT2D eigenvalue weighted by atomic mass is 10.1. The molecule has 5 nitrogen and oxygen atoms in total. The molecule has 0 saturated carbocycles. The smallest absolute Gasteiger partial charge is 0.314 e. The number of nitrogens with one attached hydrogen (secondary N) is 1. The first-order chi connectivity index (χ1) is 8.89. The van der Waals surface area contributed by atoms with Gasteiger partial charge in [-0.05, 0) is 6.07 Å². The molecule has 1 fully saturated rings. The summed E-state index contributed by atoms with van der Waals surface area (Å²) in [5.41, 5.74) is 0.